The van der Waals surface area contributed by atoms with Crippen molar-refractivity contribution in [1.29, 1.82) is 0 Å². The molecule has 0 radical (unpaired) electrons. The fourth-order valence-electron chi connectivity index (χ4n) is 1.60. The van der Waals surface area contributed by atoms with Crippen LogP contribution in [0.4, 0.5) is 0 Å². The zero-order valence-electron chi connectivity index (χ0n) is 8.81. The highest BCUT2D eigenvalue weighted by Crippen LogP contribution is 2.29. The first kappa shape index (κ1) is 11.9. The van der Waals surface area contributed by atoms with Crippen LogP contribution >= 0.6 is 39.1 Å². The van der Waals surface area contributed by atoms with Crippen LogP contribution in [-0.4, -0.2) is 19.8 Å². The average molecular weight is 344 g/mol. The Morgan fingerprint density at radius 3 is 2.72 bits per heavy atom. The molecule has 7 heteroatoms. The number of halogens is 3. The van der Waals surface area contributed by atoms with Crippen LogP contribution in [0.2, 0.25) is 10.2 Å². The van der Waals surface area contributed by atoms with E-state index >= 15 is 0 Å². The molecule has 0 amide bonds. The van der Waals surface area contributed by atoms with E-state index in [1.54, 1.807) is 22.7 Å². The Morgan fingerprint density at radius 2 is 1.89 bits per heavy atom. The van der Waals surface area contributed by atoms with Gasteiger partial charge in [-0.05, 0) is 30.3 Å². The second-order valence-electron chi connectivity index (χ2n) is 3.57. The normalized spacial score (nSPS) is 11.1. The van der Waals surface area contributed by atoms with Crippen molar-refractivity contribution in [3.05, 3.63) is 45.0 Å². The number of rotatable bonds is 1. The summed E-state index contributed by atoms with van der Waals surface area (Å²) in [5, 5.41) is 13.2. The summed E-state index contributed by atoms with van der Waals surface area (Å²) in [6.07, 6.45) is 0. The van der Waals surface area contributed by atoms with E-state index < -0.39 is 0 Å². The van der Waals surface area contributed by atoms with Gasteiger partial charge in [-0.15, -0.1) is 10.2 Å². The molecular weight excluding hydrogens is 339 g/mol. The van der Waals surface area contributed by atoms with Gasteiger partial charge in [-0.2, -0.15) is 9.61 Å². The molecule has 3 rings (SSSR count). The number of aromatic nitrogens is 4. The van der Waals surface area contributed by atoms with Gasteiger partial charge in [0.1, 0.15) is 5.15 Å². The summed E-state index contributed by atoms with van der Waals surface area (Å²) < 4.78 is 2.47. The van der Waals surface area contributed by atoms with Crippen molar-refractivity contribution in [2.45, 2.75) is 0 Å². The van der Waals surface area contributed by atoms with E-state index in [9.17, 15) is 0 Å². The summed E-state index contributed by atoms with van der Waals surface area (Å²) in [6, 6.07) is 8.92. The Hall–Kier alpha value is -1.17. The van der Waals surface area contributed by atoms with Crippen molar-refractivity contribution >= 4 is 44.8 Å². The zero-order chi connectivity index (χ0) is 12.7. The predicted octanol–water partition coefficient (Wildman–Crippen LogP) is 3.86. The van der Waals surface area contributed by atoms with Crippen LogP contribution in [0.5, 0.6) is 0 Å². The smallest absolute Gasteiger partial charge is 0.186 e. The fourth-order valence-corrected chi connectivity index (χ4v) is 2.31. The first-order valence-electron chi connectivity index (χ1n) is 4.98. The highest BCUT2D eigenvalue weighted by atomic mass is 79.9. The molecule has 0 aliphatic rings. The van der Waals surface area contributed by atoms with E-state index in [0.29, 0.717) is 21.6 Å². The Morgan fingerprint density at radius 1 is 1.06 bits per heavy atom. The zero-order valence-corrected chi connectivity index (χ0v) is 11.9. The molecular formula is C11H5BrCl2N4. The first-order chi connectivity index (χ1) is 8.65. The van der Waals surface area contributed by atoms with Gasteiger partial charge in [-0.1, -0.05) is 39.1 Å². The minimum Gasteiger partial charge on any atom is -0.191 e. The topological polar surface area (TPSA) is 43.1 Å². The van der Waals surface area contributed by atoms with Crippen molar-refractivity contribution in [1.82, 2.24) is 19.8 Å². The van der Waals surface area contributed by atoms with Gasteiger partial charge < -0.3 is 0 Å². The van der Waals surface area contributed by atoms with Gasteiger partial charge in [0.25, 0.3) is 0 Å². The lowest BCUT2D eigenvalue weighted by atomic mass is 10.2. The highest BCUT2D eigenvalue weighted by Gasteiger charge is 2.13. The van der Waals surface area contributed by atoms with Gasteiger partial charge in [-0.25, -0.2) is 0 Å². The first-order valence-corrected chi connectivity index (χ1v) is 6.53. The summed E-state index contributed by atoms with van der Waals surface area (Å²) in [5.74, 6) is 0.554. The second-order valence-corrected chi connectivity index (χ2v) is 5.28. The van der Waals surface area contributed by atoms with Crippen LogP contribution in [0.3, 0.4) is 0 Å². The van der Waals surface area contributed by atoms with Crippen molar-refractivity contribution in [3.8, 4) is 11.4 Å². The fraction of sp³-hybridized carbons (Fsp3) is 0. The van der Waals surface area contributed by atoms with Gasteiger partial charge in [0, 0.05) is 10.0 Å². The van der Waals surface area contributed by atoms with E-state index in [1.165, 1.54) is 0 Å². The lowest BCUT2D eigenvalue weighted by Gasteiger charge is -2.02. The van der Waals surface area contributed by atoms with Crippen LogP contribution < -0.4 is 0 Å². The molecule has 3 aromatic rings. The summed E-state index contributed by atoms with van der Waals surface area (Å²) in [6.45, 7) is 0. The van der Waals surface area contributed by atoms with Gasteiger partial charge >= 0.3 is 0 Å². The highest BCUT2D eigenvalue weighted by molar-refractivity contribution is 9.10. The number of nitrogens with zero attached hydrogens (tertiary/aromatic N) is 4. The number of hydrogen-bond donors (Lipinski definition) is 0. The molecule has 0 aliphatic carbocycles. The minimum atomic E-state index is 0.370. The lowest BCUT2D eigenvalue weighted by Crippen LogP contribution is -1.95. The molecule has 0 spiro atoms. The molecule has 0 aliphatic heterocycles. The Labute approximate surface area is 121 Å². The molecule has 0 N–H and O–H groups in total. The molecule has 0 unspecified atom stereocenters. The molecule has 90 valence electrons. The number of benzene rings is 1. The maximum Gasteiger partial charge on any atom is 0.186 e. The molecule has 0 saturated carbocycles. The third-order valence-corrected chi connectivity index (χ3v) is 3.42. The van der Waals surface area contributed by atoms with Gasteiger partial charge in [-0.3, -0.25) is 0 Å². The van der Waals surface area contributed by atoms with E-state index in [2.05, 4.69) is 31.2 Å². The largest absolute Gasteiger partial charge is 0.191 e. The van der Waals surface area contributed by atoms with E-state index in [4.69, 9.17) is 23.2 Å². The summed E-state index contributed by atoms with van der Waals surface area (Å²) in [5.41, 5.74) is 1.36. The predicted molar refractivity (Wildman–Crippen MR) is 73.9 cm³/mol. The van der Waals surface area contributed by atoms with Crippen molar-refractivity contribution < 1.29 is 0 Å². The molecule has 4 nitrogen and oxygen atoms in total. The Bertz CT molecular complexity index is 741. The third-order valence-electron chi connectivity index (χ3n) is 2.40. The van der Waals surface area contributed by atoms with E-state index in [1.807, 2.05) is 12.1 Å². The van der Waals surface area contributed by atoms with Gasteiger partial charge in [0.15, 0.2) is 11.5 Å². The quantitative estimate of drug-likeness (QED) is 0.673. The number of hydrogen-bond acceptors (Lipinski definition) is 3. The van der Waals surface area contributed by atoms with Gasteiger partial charge in [0.05, 0.1) is 5.02 Å². The van der Waals surface area contributed by atoms with Crippen LogP contribution in [-0.2, 0) is 0 Å². The number of fused-ring (bicyclic) bond motifs is 1. The van der Waals surface area contributed by atoms with Crippen LogP contribution in [0.15, 0.2) is 34.8 Å². The molecule has 0 fully saturated rings. The standard InChI is InChI=1S/C11H5BrCl2N4/c12-6-1-2-8(13)7(5-6)11-16-15-10-4-3-9(14)17-18(10)11/h1-5H. The second kappa shape index (κ2) is 4.50. The molecule has 1 aromatic carbocycles. The molecule has 0 atom stereocenters. The van der Waals surface area contributed by atoms with E-state index in [0.717, 1.165) is 10.0 Å². The van der Waals surface area contributed by atoms with Crippen LogP contribution in [0, 0.1) is 0 Å². The van der Waals surface area contributed by atoms with Crippen LogP contribution in [0.25, 0.3) is 17.0 Å². The Kier molecular flexibility index (Phi) is 2.97. The monoisotopic (exact) mass is 342 g/mol. The van der Waals surface area contributed by atoms with Crippen LogP contribution in [0.1, 0.15) is 0 Å². The molecule has 2 aromatic heterocycles. The average Bonchev–Trinajstić information content (AvgIpc) is 2.75. The minimum absolute atomic E-state index is 0.370. The summed E-state index contributed by atoms with van der Waals surface area (Å²) >= 11 is 15.4. The molecule has 0 saturated heterocycles. The lowest BCUT2D eigenvalue weighted by molar-refractivity contribution is 0.936. The van der Waals surface area contributed by atoms with E-state index in [-0.39, 0.29) is 0 Å². The molecule has 0 bridgehead atoms. The maximum atomic E-state index is 6.17. The van der Waals surface area contributed by atoms with Crippen molar-refractivity contribution in [2.24, 2.45) is 0 Å². The SMILES string of the molecule is Clc1ccc2nnc(-c3cc(Br)ccc3Cl)n2n1. The summed E-state index contributed by atoms with van der Waals surface area (Å²) in [4.78, 5) is 0. The Balaban J connectivity index is 2.31. The third kappa shape index (κ3) is 1.98. The van der Waals surface area contributed by atoms with Crippen molar-refractivity contribution in [3.63, 3.8) is 0 Å². The summed E-state index contributed by atoms with van der Waals surface area (Å²) in [7, 11) is 0. The molecule has 18 heavy (non-hydrogen) atoms. The van der Waals surface area contributed by atoms with Crippen molar-refractivity contribution in [2.75, 3.05) is 0 Å². The maximum absolute atomic E-state index is 6.17. The molecule has 2 heterocycles. The van der Waals surface area contributed by atoms with Gasteiger partial charge in [0.2, 0.25) is 0 Å².